The number of ether oxygens (including phenoxy) is 3. The molecule has 4 rings (SSSR count). The number of amides is 1. The molecule has 2 aromatic carbocycles. The van der Waals surface area contributed by atoms with Gasteiger partial charge in [0.15, 0.2) is 11.5 Å². The molecule has 2 heterocycles. The smallest absolute Gasteiger partial charge is 0.234 e. The van der Waals surface area contributed by atoms with Crippen LogP contribution in [0.25, 0.3) is 0 Å². The van der Waals surface area contributed by atoms with Crippen LogP contribution in [-0.4, -0.2) is 50.8 Å². The van der Waals surface area contributed by atoms with E-state index in [1.54, 1.807) is 7.11 Å². The molecular weight excluding hydrogens is 368 g/mol. The van der Waals surface area contributed by atoms with Crippen molar-refractivity contribution >= 4 is 5.91 Å². The van der Waals surface area contributed by atoms with Crippen molar-refractivity contribution in [2.24, 2.45) is 0 Å². The first-order valence-corrected chi connectivity index (χ1v) is 10.3. The van der Waals surface area contributed by atoms with Crippen molar-refractivity contribution in [3.8, 4) is 17.2 Å². The maximum Gasteiger partial charge on any atom is 0.234 e. The van der Waals surface area contributed by atoms with Crippen molar-refractivity contribution in [1.29, 1.82) is 0 Å². The number of nitrogens with zero attached hydrogens (tertiary/aromatic N) is 1. The molecule has 1 amide bonds. The van der Waals surface area contributed by atoms with E-state index in [-0.39, 0.29) is 11.9 Å². The molecule has 0 spiro atoms. The zero-order chi connectivity index (χ0) is 20.1. The molecule has 154 valence electrons. The summed E-state index contributed by atoms with van der Waals surface area (Å²) >= 11 is 0. The summed E-state index contributed by atoms with van der Waals surface area (Å²) in [5.41, 5.74) is 2.29. The fourth-order valence-corrected chi connectivity index (χ4v) is 4.15. The Kier molecular flexibility index (Phi) is 6.20. The minimum atomic E-state index is 0.0596. The maximum atomic E-state index is 12.5. The Bertz CT molecular complexity index is 855. The third-order valence-corrected chi connectivity index (χ3v) is 5.57. The fourth-order valence-electron chi connectivity index (χ4n) is 4.15. The van der Waals surface area contributed by atoms with E-state index in [2.05, 4.69) is 22.3 Å². The Labute approximate surface area is 171 Å². The van der Waals surface area contributed by atoms with Crippen LogP contribution in [0.15, 0.2) is 42.5 Å². The molecule has 1 N–H and O–H groups in total. The van der Waals surface area contributed by atoms with Gasteiger partial charge in [-0.15, -0.1) is 0 Å². The van der Waals surface area contributed by atoms with E-state index in [0.717, 1.165) is 48.6 Å². The van der Waals surface area contributed by atoms with Crippen molar-refractivity contribution in [3.05, 3.63) is 53.6 Å². The number of hydrogen-bond acceptors (Lipinski definition) is 5. The largest absolute Gasteiger partial charge is 0.496 e. The van der Waals surface area contributed by atoms with E-state index in [1.165, 1.54) is 5.56 Å². The Morgan fingerprint density at radius 3 is 2.86 bits per heavy atom. The summed E-state index contributed by atoms with van der Waals surface area (Å²) in [6, 6.07) is 14.3. The zero-order valence-electron chi connectivity index (χ0n) is 16.9. The van der Waals surface area contributed by atoms with Crippen molar-refractivity contribution in [1.82, 2.24) is 10.2 Å². The molecule has 6 nitrogen and oxygen atoms in total. The first-order chi connectivity index (χ1) is 14.2. The minimum absolute atomic E-state index is 0.0596. The summed E-state index contributed by atoms with van der Waals surface area (Å²) in [7, 11) is 1.67. The van der Waals surface area contributed by atoms with Gasteiger partial charge in [0.1, 0.15) is 19.0 Å². The van der Waals surface area contributed by atoms with E-state index in [4.69, 9.17) is 14.2 Å². The van der Waals surface area contributed by atoms with Crippen LogP contribution in [-0.2, 0) is 11.2 Å². The van der Waals surface area contributed by atoms with Gasteiger partial charge in [-0.25, -0.2) is 0 Å². The Balaban J connectivity index is 1.32. The number of hydrogen-bond donors (Lipinski definition) is 1. The lowest BCUT2D eigenvalue weighted by molar-refractivity contribution is -0.122. The van der Waals surface area contributed by atoms with E-state index in [1.807, 2.05) is 30.3 Å². The Morgan fingerprint density at radius 2 is 2.00 bits per heavy atom. The van der Waals surface area contributed by atoms with Gasteiger partial charge in [0, 0.05) is 12.6 Å². The lowest BCUT2D eigenvalue weighted by Crippen LogP contribution is -2.37. The molecule has 0 aromatic heterocycles. The normalized spacial score (nSPS) is 18.4. The molecule has 1 atom stereocenters. The first kappa shape index (κ1) is 19.6. The van der Waals surface area contributed by atoms with Crippen LogP contribution in [0.1, 0.15) is 30.0 Å². The number of para-hydroxylation sites is 1. The second-order valence-electron chi connectivity index (χ2n) is 7.44. The number of carbonyl (C=O) groups is 1. The molecule has 1 unspecified atom stereocenters. The zero-order valence-corrected chi connectivity index (χ0v) is 16.9. The number of carbonyl (C=O) groups excluding carboxylic acids is 1. The number of methoxy groups -OCH3 is 1. The molecule has 29 heavy (non-hydrogen) atoms. The van der Waals surface area contributed by atoms with Crippen molar-refractivity contribution in [2.75, 3.05) is 40.0 Å². The second kappa shape index (κ2) is 9.18. The highest BCUT2D eigenvalue weighted by molar-refractivity contribution is 5.78. The number of fused-ring (bicyclic) bond motifs is 1. The van der Waals surface area contributed by atoms with E-state index in [0.29, 0.717) is 26.3 Å². The third kappa shape index (κ3) is 4.65. The molecule has 0 aliphatic carbocycles. The van der Waals surface area contributed by atoms with Gasteiger partial charge in [0.2, 0.25) is 5.91 Å². The summed E-state index contributed by atoms with van der Waals surface area (Å²) in [4.78, 5) is 14.8. The van der Waals surface area contributed by atoms with E-state index >= 15 is 0 Å². The van der Waals surface area contributed by atoms with Crippen LogP contribution in [0.2, 0.25) is 0 Å². The summed E-state index contributed by atoms with van der Waals surface area (Å²) in [6.07, 6.45) is 2.89. The number of rotatable bonds is 7. The molecule has 1 saturated heterocycles. The standard InChI is InChI=1S/C23H28N2O4/c1-27-20-7-3-2-5-17(20)10-11-24-23(26)16-25-12-4-6-19(25)18-8-9-21-22(15-18)29-14-13-28-21/h2-3,5,7-9,15,19H,4,6,10-14,16H2,1H3,(H,24,26). The molecule has 6 heteroatoms. The second-order valence-corrected chi connectivity index (χ2v) is 7.44. The lowest BCUT2D eigenvalue weighted by Gasteiger charge is -2.26. The van der Waals surface area contributed by atoms with Crippen molar-refractivity contribution < 1.29 is 19.0 Å². The SMILES string of the molecule is COc1ccccc1CCNC(=O)CN1CCCC1c1ccc2c(c1)OCCO2. The van der Waals surface area contributed by atoms with Crippen molar-refractivity contribution in [2.45, 2.75) is 25.3 Å². The van der Waals surface area contributed by atoms with Crippen molar-refractivity contribution in [3.63, 3.8) is 0 Å². The predicted molar refractivity (Wildman–Crippen MR) is 111 cm³/mol. The van der Waals surface area contributed by atoms with Gasteiger partial charge in [0.05, 0.1) is 13.7 Å². The molecular formula is C23H28N2O4. The third-order valence-electron chi connectivity index (χ3n) is 5.57. The van der Waals surface area contributed by atoms with Gasteiger partial charge in [-0.1, -0.05) is 24.3 Å². The van der Waals surface area contributed by atoms with Gasteiger partial charge >= 0.3 is 0 Å². The van der Waals surface area contributed by atoms with Crippen LogP contribution in [0.5, 0.6) is 17.2 Å². The van der Waals surface area contributed by atoms with Gasteiger partial charge in [-0.2, -0.15) is 0 Å². The van der Waals surface area contributed by atoms with Gasteiger partial charge in [0.25, 0.3) is 0 Å². The van der Waals surface area contributed by atoms with E-state index in [9.17, 15) is 4.79 Å². The quantitative estimate of drug-likeness (QED) is 0.780. The monoisotopic (exact) mass is 396 g/mol. The summed E-state index contributed by atoms with van der Waals surface area (Å²) in [6.45, 7) is 3.11. The lowest BCUT2D eigenvalue weighted by atomic mass is 10.0. The van der Waals surface area contributed by atoms with Crippen LogP contribution >= 0.6 is 0 Å². The molecule has 2 aliphatic heterocycles. The highest BCUT2D eigenvalue weighted by Gasteiger charge is 2.28. The number of likely N-dealkylation sites (tertiary alicyclic amines) is 1. The molecule has 0 saturated carbocycles. The van der Waals surface area contributed by atoms with Gasteiger partial charge < -0.3 is 19.5 Å². The van der Waals surface area contributed by atoms with Crippen LogP contribution in [0, 0.1) is 0 Å². The van der Waals surface area contributed by atoms with Gasteiger partial charge in [-0.3, -0.25) is 9.69 Å². The van der Waals surface area contributed by atoms with Gasteiger partial charge in [-0.05, 0) is 55.1 Å². The molecule has 2 aromatic rings. The Morgan fingerprint density at radius 1 is 1.17 bits per heavy atom. The molecule has 2 aliphatic rings. The number of benzene rings is 2. The maximum absolute atomic E-state index is 12.5. The highest BCUT2D eigenvalue weighted by Crippen LogP contribution is 2.37. The summed E-state index contributed by atoms with van der Waals surface area (Å²) < 4.78 is 16.7. The highest BCUT2D eigenvalue weighted by atomic mass is 16.6. The fraction of sp³-hybridized carbons (Fsp3) is 0.435. The summed E-state index contributed by atoms with van der Waals surface area (Å²) in [5.74, 6) is 2.53. The molecule has 0 bridgehead atoms. The molecule has 0 radical (unpaired) electrons. The van der Waals surface area contributed by atoms with Crippen LogP contribution in [0.4, 0.5) is 0 Å². The Hall–Kier alpha value is -2.73. The minimum Gasteiger partial charge on any atom is -0.496 e. The van der Waals surface area contributed by atoms with Crippen LogP contribution in [0.3, 0.4) is 0 Å². The average Bonchev–Trinajstić information content (AvgIpc) is 3.21. The number of nitrogens with one attached hydrogen (secondary N) is 1. The topological polar surface area (TPSA) is 60.0 Å². The first-order valence-electron chi connectivity index (χ1n) is 10.3. The predicted octanol–water partition coefficient (Wildman–Crippen LogP) is 2.96. The van der Waals surface area contributed by atoms with E-state index < -0.39 is 0 Å². The van der Waals surface area contributed by atoms with Crippen LogP contribution < -0.4 is 19.5 Å². The summed E-state index contributed by atoms with van der Waals surface area (Å²) in [5, 5.41) is 3.05. The molecule has 1 fully saturated rings. The average molecular weight is 396 g/mol.